The van der Waals surface area contributed by atoms with Gasteiger partial charge in [0.25, 0.3) is 11.8 Å². The molecule has 0 aliphatic carbocycles. The third kappa shape index (κ3) is 3.74. The number of nitro groups is 1. The molecule has 0 radical (unpaired) electrons. The van der Waals surface area contributed by atoms with Gasteiger partial charge < -0.3 is 9.47 Å². The Kier molecular flexibility index (Phi) is 5.73. The molecule has 1 fully saturated rings. The Bertz CT molecular complexity index is 973. The van der Waals surface area contributed by atoms with Crippen molar-refractivity contribution in [1.29, 1.82) is 0 Å². The predicted molar refractivity (Wildman–Crippen MR) is 99.8 cm³/mol. The van der Waals surface area contributed by atoms with Crippen LogP contribution >= 0.6 is 11.3 Å². The average molecular weight is 420 g/mol. The number of nitrogens with zero attached hydrogens (tertiary/aromatic N) is 4. The minimum Gasteiger partial charge on any atom is -0.489 e. The molecule has 11 nitrogen and oxygen atoms in total. The fraction of sp³-hybridized carbons (Fsp3) is 0.294. The minimum atomic E-state index is -0.625. The third-order valence-electron chi connectivity index (χ3n) is 4.23. The van der Waals surface area contributed by atoms with Crippen molar-refractivity contribution in [2.45, 2.75) is 6.42 Å². The van der Waals surface area contributed by atoms with Gasteiger partial charge in [-0.3, -0.25) is 24.7 Å². The zero-order valence-electron chi connectivity index (χ0n) is 15.5. The van der Waals surface area contributed by atoms with Crippen molar-refractivity contribution in [2.75, 3.05) is 27.3 Å². The van der Waals surface area contributed by atoms with Crippen molar-refractivity contribution in [3.63, 3.8) is 0 Å². The molecular formula is C17H16N4O7S. The molecule has 0 saturated carbocycles. The number of carbonyl (C=O) groups is 3. The molecule has 2 amide bonds. The molecule has 0 unspecified atom stereocenters. The summed E-state index contributed by atoms with van der Waals surface area (Å²) in [5.74, 6) is -1.83. The summed E-state index contributed by atoms with van der Waals surface area (Å²) in [6.07, 6.45) is 1.75. The second-order valence-corrected chi connectivity index (χ2v) is 6.74. The van der Waals surface area contributed by atoms with Gasteiger partial charge >= 0.3 is 11.0 Å². The van der Waals surface area contributed by atoms with Crippen LogP contribution in [0.2, 0.25) is 0 Å². The maximum atomic E-state index is 12.9. The fourth-order valence-electron chi connectivity index (χ4n) is 2.87. The van der Waals surface area contributed by atoms with Crippen molar-refractivity contribution in [3.8, 4) is 5.75 Å². The van der Waals surface area contributed by atoms with Crippen molar-refractivity contribution < 1.29 is 28.8 Å². The number of hydrogen-bond acceptors (Lipinski definition) is 9. The normalized spacial score (nSPS) is 13.3. The van der Waals surface area contributed by atoms with Gasteiger partial charge in [0.15, 0.2) is 0 Å². The SMILES string of the molecule is COC(=O)c1ccc(C(=O)N2CCCN2C(=O)c2csc([N+](=O)[O-])c2OC)nc1. The van der Waals surface area contributed by atoms with E-state index in [-0.39, 0.29) is 40.7 Å². The number of pyridine rings is 1. The number of hydrogen-bond donors (Lipinski definition) is 0. The van der Waals surface area contributed by atoms with E-state index in [1.807, 2.05) is 0 Å². The molecule has 0 N–H and O–H groups in total. The Balaban J connectivity index is 1.84. The number of carbonyl (C=O) groups excluding carboxylic acids is 3. The van der Waals surface area contributed by atoms with Crippen LogP contribution in [0.1, 0.15) is 37.6 Å². The highest BCUT2D eigenvalue weighted by atomic mass is 32.1. The molecule has 0 atom stereocenters. The lowest BCUT2D eigenvalue weighted by Crippen LogP contribution is -2.45. The molecular weight excluding hydrogens is 404 g/mol. The van der Waals surface area contributed by atoms with E-state index in [0.717, 1.165) is 11.3 Å². The predicted octanol–water partition coefficient (Wildman–Crippen LogP) is 1.75. The lowest BCUT2D eigenvalue weighted by atomic mass is 10.2. The summed E-state index contributed by atoms with van der Waals surface area (Å²) in [7, 11) is 2.48. The second-order valence-electron chi connectivity index (χ2n) is 5.88. The molecule has 1 aliphatic rings. The van der Waals surface area contributed by atoms with E-state index in [9.17, 15) is 24.5 Å². The number of thiophene rings is 1. The molecule has 1 aliphatic heterocycles. The smallest absolute Gasteiger partial charge is 0.366 e. The molecule has 0 bridgehead atoms. The maximum absolute atomic E-state index is 12.9. The van der Waals surface area contributed by atoms with Gasteiger partial charge in [0.2, 0.25) is 5.75 Å². The van der Waals surface area contributed by atoms with Crippen LogP contribution in [-0.2, 0) is 4.74 Å². The Hall–Kier alpha value is -3.54. The zero-order valence-corrected chi connectivity index (χ0v) is 16.3. The lowest BCUT2D eigenvalue weighted by molar-refractivity contribution is -0.381. The van der Waals surface area contributed by atoms with E-state index in [4.69, 9.17) is 4.74 Å². The van der Waals surface area contributed by atoms with Crippen LogP contribution in [0.3, 0.4) is 0 Å². The van der Waals surface area contributed by atoms with Crippen molar-refractivity contribution in [2.24, 2.45) is 0 Å². The van der Waals surface area contributed by atoms with E-state index in [0.29, 0.717) is 6.42 Å². The van der Waals surface area contributed by atoms with Gasteiger partial charge in [-0.05, 0) is 18.6 Å². The van der Waals surface area contributed by atoms with Crippen LogP contribution in [0, 0.1) is 10.1 Å². The standard InChI is InChI=1S/C17H16N4O7S/c1-27-13-11(9-29-16(13)21(25)26)14(22)19-6-3-7-20(19)15(23)12-5-4-10(8-18-12)17(24)28-2/h4-5,8-9H,3,6-7H2,1-2H3. The van der Waals surface area contributed by atoms with Crippen LogP contribution in [0.5, 0.6) is 5.75 Å². The summed E-state index contributed by atoms with van der Waals surface area (Å²) in [4.78, 5) is 51.7. The highest BCUT2D eigenvalue weighted by Gasteiger charge is 2.36. The Morgan fingerprint density at radius 2 is 1.86 bits per heavy atom. The number of ether oxygens (including phenoxy) is 2. The molecule has 12 heteroatoms. The minimum absolute atomic E-state index is 0.0119. The first-order chi connectivity index (χ1) is 13.9. The van der Waals surface area contributed by atoms with Crippen LogP contribution in [0.4, 0.5) is 5.00 Å². The monoisotopic (exact) mass is 420 g/mol. The topological polar surface area (TPSA) is 132 Å². The molecule has 2 aromatic heterocycles. The van der Waals surface area contributed by atoms with Gasteiger partial charge in [0, 0.05) is 24.7 Å². The molecule has 29 heavy (non-hydrogen) atoms. The molecule has 152 valence electrons. The van der Waals surface area contributed by atoms with Gasteiger partial charge in [-0.25, -0.2) is 14.8 Å². The Labute approximate surface area is 168 Å². The highest BCUT2D eigenvalue weighted by Crippen LogP contribution is 2.38. The first-order valence-electron chi connectivity index (χ1n) is 8.37. The average Bonchev–Trinajstić information content (AvgIpc) is 3.39. The summed E-state index contributed by atoms with van der Waals surface area (Å²) < 4.78 is 9.64. The number of rotatable bonds is 5. The van der Waals surface area contributed by atoms with Crippen LogP contribution in [0.15, 0.2) is 23.7 Å². The molecule has 3 heterocycles. The first kappa shape index (κ1) is 20.2. The number of esters is 1. The van der Waals surface area contributed by atoms with E-state index in [1.165, 1.54) is 47.9 Å². The largest absolute Gasteiger partial charge is 0.489 e. The summed E-state index contributed by atoms with van der Waals surface area (Å²) in [5, 5.41) is 14.6. The number of methoxy groups -OCH3 is 2. The molecule has 3 rings (SSSR count). The fourth-order valence-corrected chi connectivity index (χ4v) is 3.70. The third-order valence-corrected chi connectivity index (χ3v) is 5.14. The van der Waals surface area contributed by atoms with Crippen LogP contribution < -0.4 is 4.74 Å². The molecule has 0 spiro atoms. The van der Waals surface area contributed by atoms with Gasteiger partial charge in [0.1, 0.15) is 11.3 Å². The Morgan fingerprint density at radius 1 is 1.17 bits per heavy atom. The van der Waals surface area contributed by atoms with Gasteiger partial charge in [-0.1, -0.05) is 11.3 Å². The van der Waals surface area contributed by atoms with Crippen LogP contribution in [0.25, 0.3) is 0 Å². The van der Waals surface area contributed by atoms with Gasteiger partial charge in [0.05, 0.1) is 24.7 Å². The molecule has 1 saturated heterocycles. The first-order valence-corrected chi connectivity index (χ1v) is 9.24. The lowest BCUT2D eigenvalue weighted by Gasteiger charge is -2.27. The number of aromatic nitrogens is 1. The van der Waals surface area contributed by atoms with E-state index < -0.39 is 22.7 Å². The number of hydrazine groups is 1. The quantitative estimate of drug-likeness (QED) is 0.406. The van der Waals surface area contributed by atoms with E-state index in [1.54, 1.807) is 0 Å². The summed E-state index contributed by atoms with van der Waals surface area (Å²) in [6, 6.07) is 2.77. The summed E-state index contributed by atoms with van der Waals surface area (Å²) in [6.45, 7) is 0.539. The van der Waals surface area contributed by atoms with E-state index in [2.05, 4.69) is 9.72 Å². The van der Waals surface area contributed by atoms with Crippen molar-refractivity contribution in [1.82, 2.24) is 15.0 Å². The van der Waals surface area contributed by atoms with Crippen molar-refractivity contribution in [3.05, 3.63) is 50.6 Å². The summed E-state index contributed by atoms with van der Waals surface area (Å²) in [5.41, 5.74) is 0.243. The van der Waals surface area contributed by atoms with E-state index >= 15 is 0 Å². The molecule has 0 aromatic carbocycles. The zero-order chi connectivity index (χ0) is 21.1. The number of amides is 2. The Morgan fingerprint density at radius 3 is 2.41 bits per heavy atom. The van der Waals surface area contributed by atoms with Gasteiger partial charge in [-0.2, -0.15) is 0 Å². The maximum Gasteiger partial charge on any atom is 0.366 e. The highest BCUT2D eigenvalue weighted by molar-refractivity contribution is 7.14. The van der Waals surface area contributed by atoms with Crippen molar-refractivity contribution >= 4 is 34.1 Å². The second kappa shape index (κ2) is 8.22. The van der Waals surface area contributed by atoms with Crippen LogP contribution in [-0.4, -0.2) is 65.0 Å². The summed E-state index contributed by atoms with van der Waals surface area (Å²) >= 11 is 0.777. The van der Waals surface area contributed by atoms with Gasteiger partial charge in [-0.15, -0.1) is 0 Å². The molecule has 2 aromatic rings.